The van der Waals surface area contributed by atoms with Gasteiger partial charge in [0.05, 0.1) is 22.0 Å². The van der Waals surface area contributed by atoms with Crippen molar-refractivity contribution in [3.8, 4) is 0 Å². The predicted octanol–water partition coefficient (Wildman–Crippen LogP) is 2.88. The van der Waals surface area contributed by atoms with Crippen LogP contribution in [0.3, 0.4) is 0 Å². The Morgan fingerprint density at radius 1 is 1.26 bits per heavy atom. The topological polar surface area (TPSA) is 59.3 Å². The van der Waals surface area contributed by atoms with Crippen LogP contribution in [0.15, 0.2) is 29.1 Å². The van der Waals surface area contributed by atoms with Gasteiger partial charge in [-0.3, -0.25) is 13.5 Å². The van der Waals surface area contributed by atoms with Gasteiger partial charge in [-0.1, -0.05) is 36.5 Å². The lowest BCUT2D eigenvalue weighted by molar-refractivity contribution is -0.144. The molecule has 0 bridgehead atoms. The molecule has 0 aliphatic heterocycles. The van der Waals surface area contributed by atoms with Gasteiger partial charge in [0.15, 0.2) is 0 Å². The Kier molecular flexibility index (Phi) is 3.14. The lowest BCUT2D eigenvalue weighted by atomic mass is 9.85. The molecule has 5 heteroatoms. The molecular weight excluding hydrogens is 262 g/mol. The molecule has 2 unspecified atom stereocenters. The molecule has 1 fully saturated rings. The Labute approximate surface area is 114 Å². The third-order valence-electron chi connectivity index (χ3n) is 3.86. The van der Waals surface area contributed by atoms with Crippen LogP contribution in [0.1, 0.15) is 31.7 Å². The van der Waals surface area contributed by atoms with Crippen molar-refractivity contribution in [1.82, 2.24) is 3.96 Å². The minimum Gasteiger partial charge on any atom is -0.481 e. The number of fused-ring (bicyclic) bond motifs is 1. The molecule has 0 amide bonds. The molecule has 1 heterocycles. The van der Waals surface area contributed by atoms with Crippen molar-refractivity contribution < 1.29 is 9.90 Å². The average molecular weight is 277 g/mol. The number of hydrogen-bond donors (Lipinski definition) is 1. The number of carboxylic acid groups (broad SMARTS) is 1. The van der Waals surface area contributed by atoms with Crippen molar-refractivity contribution in [3.63, 3.8) is 0 Å². The molecule has 0 radical (unpaired) electrons. The number of carboxylic acids is 1. The molecule has 4 nitrogen and oxygen atoms in total. The molecule has 19 heavy (non-hydrogen) atoms. The summed E-state index contributed by atoms with van der Waals surface area (Å²) in [5.41, 5.74) is -0.0428. The average Bonchev–Trinajstić information content (AvgIpc) is 2.76. The molecule has 0 saturated heterocycles. The third kappa shape index (κ3) is 2.08. The molecule has 1 saturated carbocycles. The van der Waals surface area contributed by atoms with E-state index in [9.17, 15) is 14.7 Å². The maximum Gasteiger partial charge on any atom is 0.308 e. The lowest BCUT2D eigenvalue weighted by Gasteiger charge is -2.28. The van der Waals surface area contributed by atoms with Crippen LogP contribution < -0.4 is 5.56 Å². The molecule has 1 N–H and O–H groups in total. The second kappa shape index (κ2) is 4.81. The summed E-state index contributed by atoms with van der Waals surface area (Å²) in [5.74, 6) is -1.21. The molecule has 1 aromatic heterocycles. The summed E-state index contributed by atoms with van der Waals surface area (Å²) in [6.07, 6.45) is 3.38. The van der Waals surface area contributed by atoms with Gasteiger partial charge in [-0.25, -0.2) is 0 Å². The Morgan fingerprint density at radius 3 is 2.74 bits per heavy atom. The smallest absolute Gasteiger partial charge is 0.308 e. The van der Waals surface area contributed by atoms with Crippen LogP contribution in [0.2, 0.25) is 0 Å². The van der Waals surface area contributed by atoms with E-state index < -0.39 is 11.9 Å². The van der Waals surface area contributed by atoms with Gasteiger partial charge in [0.25, 0.3) is 5.56 Å². The molecule has 1 aromatic carbocycles. The standard InChI is InChI=1S/C14H15NO3S/c16-13-10-6-2-4-8-12(10)19-15(13)11-7-3-1-5-9(11)14(17)18/h2,4,6,8-9,11H,1,3,5,7H2,(H,17,18). The van der Waals surface area contributed by atoms with Crippen LogP contribution in [-0.4, -0.2) is 15.0 Å². The molecule has 0 spiro atoms. The van der Waals surface area contributed by atoms with Gasteiger partial charge in [0, 0.05) is 0 Å². The molecule has 1 aliphatic rings. The van der Waals surface area contributed by atoms with Crippen molar-refractivity contribution in [2.75, 3.05) is 0 Å². The van der Waals surface area contributed by atoms with E-state index in [1.165, 1.54) is 11.5 Å². The molecule has 3 rings (SSSR count). The zero-order valence-electron chi connectivity index (χ0n) is 10.4. The van der Waals surface area contributed by atoms with Crippen LogP contribution in [0.25, 0.3) is 10.1 Å². The Balaban J connectivity index is 2.09. The summed E-state index contributed by atoms with van der Waals surface area (Å²) in [5, 5.41) is 10.0. The number of hydrogen-bond acceptors (Lipinski definition) is 3. The Hall–Kier alpha value is -1.62. The number of aliphatic carboxylic acids is 1. The van der Waals surface area contributed by atoms with Gasteiger partial charge >= 0.3 is 5.97 Å². The fourth-order valence-electron chi connectivity index (χ4n) is 2.89. The first-order chi connectivity index (χ1) is 9.18. The first-order valence-corrected chi connectivity index (χ1v) is 7.29. The van der Waals surface area contributed by atoms with Crippen LogP contribution in [-0.2, 0) is 4.79 Å². The molecule has 2 aromatic rings. The number of nitrogens with zero attached hydrogens (tertiary/aromatic N) is 1. The summed E-state index contributed by atoms with van der Waals surface area (Å²) in [4.78, 5) is 23.7. The van der Waals surface area contributed by atoms with E-state index in [2.05, 4.69) is 0 Å². The Bertz CT molecular complexity index is 673. The minimum atomic E-state index is -0.783. The first-order valence-electron chi connectivity index (χ1n) is 6.52. The van der Waals surface area contributed by atoms with E-state index in [4.69, 9.17) is 0 Å². The van der Waals surface area contributed by atoms with Crippen molar-refractivity contribution in [2.24, 2.45) is 5.92 Å². The SMILES string of the molecule is O=C(O)C1CCCCC1n1sc2ccccc2c1=O. The van der Waals surface area contributed by atoms with Gasteiger partial charge in [-0.2, -0.15) is 0 Å². The van der Waals surface area contributed by atoms with E-state index in [-0.39, 0.29) is 11.6 Å². The summed E-state index contributed by atoms with van der Waals surface area (Å²) >= 11 is 1.39. The van der Waals surface area contributed by atoms with E-state index in [1.807, 2.05) is 24.3 Å². The molecule has 100 valence electrons. The third-order valence-corrected chi connectivity index (χ3v) is 5.05. The maximum absolute atomic E-state index is 12.4. The van der Waals surface area contributed by atoms with Gasteiger partial charge < -0.3 is 5.11 Å². The van der Waals surface area contributed by atoms with Crippen LogP contribution in [0.4, 0.5) is 0 Å². The zero-order valence-corrected chi connectivity index (χ0v) is 11.2. The van der Waals surface area contributed by atoms with Crippen molar-refractivity contribution >= 4 is 27.6 Å². The van der Waals surface area contributed by atoms with Crippen LogP contribution >= 0.6 is 11.5 Å². The molecule has 2 atom stereocenters. The second-order valence-corrected chi connectivity index (χ2v) is 6.03. The maximum atomic E-state index is 12.4. The number of carbonyl (C=O) groups is 1. The van der Waals surface area contributed by atoms with Gasteiger partial charge in [0.1, 0.15) is 0 Å². The first kappa shape index (κ1) is 12.4. The zero-order chi connectivity index (χ0) is 13.4. The largest absolute Gasteiger partial charge is 0.481 e. The van der Waals surface area contributed by atoms with E-state index >= 15 is 0 Å². The van der Waals surface area contributed by atoms with E-state index in [1.54, 1.807) is 3.96 Å². The second-order valence-electron chi connectivity index (χ2n) is 5.01. The fourth-order valence-corrected chi connectivity index (χ4v) is 4.06. The summed E-state index contributed by atoms with van der Waals surface area (Å²) < 4.78 is 2.62. The highest BCUT2D eigenvalue weighted by molar-refractivity contribution is 7.13. The number of benzene rings is 1. The van der Waals surface area contributed by atoms with Crippen molar-refractivity contribution in [2.45, 2.75) is 31.7 Å². The Morgan fingerprint density at radius 2 is 2.00 bits per heavy atom. The predicted molar refractivity (Wildman–Crippen MR) is 74.7 cm³/mol. The highest BCUT2D eigenvalue weighted by Gasteiger charge is 2.33. The molecule has 1 aliphatic carbocycles. The minimum absolute atomic E-state index is 0.0428. The number of rotatable bonds is 2. The van der Waals surface area contributed by atoms with Crippen LogP contribution in [0, 0.1) is 5.92 Å². The lowest BCUT2D eigenvalue weighted by Crippen LogP contribution is -2.32. The quantitative estimate of drug-likeness (QED) is 0.918. The van der Waals surface area contributed by atoms with Gasteiger partial charge in [-0.05, 0) is 25.0 Å². The molecular formula is C14H15NO3S. The van der Waals surface area contributed by atoms with E-state index in [0.29, 0.717) is 11.8 Å². The highest BCUT2D eigenvalue weighted by Crippen LogP contribution is 2.35. The summed E-state index contributed by atoms with van der Waals surface area (Å²) in [6.45, 7) is 0. The normalized spacial score (nSPS) is 23.6. The summed E-state index contributed by atoms with van der Waals surface area (Å²) in [7, 11) is 0. The van der Waals surface area contributed by atoms with Gasteiger partial charge in [-0.15, -0.1) is 0 Å². The monoisotopic (exact) mass is 277 g/mol. The number of aromatic nitrogens is 1. The van der Waals surface area contributed by atoms with E-state index in [0.717, 1.165) is 24.0 Å². The van der Waals surface area contributed by atoms with Crippen molar-refractivity contribution in [1.29, 1.82) is 0 Å². The summed E-state index contributed by atoms with van der Waals surface area (Å²) in [6, 6.07) is 7.28. The highest BCUT2D eigenvalue weighted by atomic mass is 32.1. The van der Waals surface area contributed by atoms with Crippen LogP contribution in [0.5, 0.6) is 0 Å². The van der Waals surface area contributed by atoms with Crippen molar-refractivity contribution in [3.05, 3.63) is 34.6 Å². The fraction of sp³-hybridized carbons (Fsp3) is 0.429. The van der Waals surface area contributed by atoms with Gasteiger partial charge in [0.2, 0.25) is 0 Å².